The van der Waals surface area contributed by atoms with E-state index in [1.165, 1.54) is 16.2 Å². The van der Waals surface area contributed by atoms with Crippen molar-refractivity contribution in [1.29, 1.82) is 0 Å². The van der Waals surface area contributed by atoms with Crippen molar-refractivity contribution in [2.45, 2.75) is 140 Å². The maximum Gasteiger partial charge on any atom is 0.243 e. The van der Waals surface area contributed by atoms with Gasteiger partial charge in [0, 0.05) is 113 Å². The number of phenols is 1. The van der Waals surface area contributed by atoms with E-state index in [9.17, 15) is 19.8 Å². The number of pyridine rings is 1. The summed E-state index contributed by atoms with van der Waals surface area (Å²) in [6, 6.07) is 14.5. The van der Waals surface area contributed by atoms with Gasteiger partial charge in [-0.1, -0.05) is 31.1 Å². The molecule has 10 heterocycles. The summed E-state index contributed by atoms with van der Waals surface area (Å²) in [6.07, 6.45) is 13.1. The van der Waals surface area contributed by atoms with E-state index in [-0.39, 0.29) is 54.8 Å². The number of rotatable bonds is 17. The number of thiazole rings is 1. The molecule has 5 saturated heterocycles. The van der Waals surface area contributed by atoms with Crippen molar-refractivity contribution >= 4 is 46.2 Å². The number of β-amino-alcohol motifs (C(OH)–C–C–N with tert-alkyl or cyclic N) is 1. The number of aliphatic hydroxyl groups excluding tert-OH is 1. The fraction of sp³-hybridized carbons (Fsp3) is 0.542. The lowest BCUT2D eigenvalue weighted by Crippen LogP contribution is -2.54. The van der Waals surface area contributed by atoms with Gasteiger partial charge in [0.25, 0.3) is 0 Å². The number of benzene rings is 1. The number of aromatic nitrogens is 7. The predicted octanol–water partition coefficient (Wildman–Crippen LogP) is 6.78. The molecule has 0 radical (unpaired) electrons. The molecule has 2 bridgehead atoms. The third kappa shape index (κ3) is 11.7. The largest absolute Gasteiger partial charge is 0.507 e. The molecule has 5 aliphatic heterocycles. The van der Waals surface area contributed by atoms with Crippen molar-refractivity contribution in [2.24, 2.45) is 11.8 Å². The molecule has 2 amide bonds. The van der Waals surface area contributed by atoms with E-state index in [0.29, 0.717) is 52.4 Å². The number of nitrogens with two attached hydrogens (primary N) is 1. The molecule has 12 rings (SSSR count). The fourth-order valence-corrected chi connectivity index (χ4v) is 13.9. The first kappa shape index (κ1) is 54.6. The Labute approximate surface area is 476 Å². The average molecular weight is 1120 g/mol. The highest BCUT2D eigenvalue weighted by atomic mass is 32.1. The second-order valence-corrected chi connectivity index (χ2v) is 24.4. The molecule has 2 unspecified atom stereocenters. The maximum atomic E-state index is 14.4. The van der Waals surface area contributed by atoms with Crippen LogP contribution in [0.2, 0.25) is 0 Å². The first-order valence-corrected chi connectivity index (χ1v) is 29.8. The van der Waals surface area contributed by atoms with E-state index >= 15 is 0 Å². The van der Waals surface area contributed by atoms with Crippen molar-refractivity contribution < 1.29 is 33.8 Å². The van der Waals surface area contributed by atoms with Crippen molar-refractivity contribution in [2.75, 3.05) is 72.8 Å². The van der Waals surface area contributed by atoms with Gasteiger partial charge in [0.2, 0.25) is 17.7 Å². The zero-order chi connectivity index (χ0) is 55.9. The first-order valence-electron chi connectivity index (χ1n) is 29.0. The summed E-state index contributed by atoms with van der Waals surface area (Å²) in [4.78, 5) is 58.4. The number of aliphatic hydroxyl groups is 1. The number of nitrogens with zero attached hydrogens (tertiary/aromatic N) is 12. The van der Waals surface area contributed by atoms with Gasteiger partial charge in [0.05, 0.1) is 69.9 Å². The fourth-order valence-electron chi connectivity index (χ4n) is 13.1. The molecule has 428 valence electrons. The summed E-state index contributed by atoms with van der Waals surface area (Å²) in [7, 11) is 0. The van der Waals surface area contributed by atoms with Gasteiger partial charge in [-0.15, -0.1) is 21.5 Å². The number of fused-ring (bicyclic) bond motifs is 2. The highest BCUT2D eigenvalue weighted by molar-refractivity contribution is 7.13. The molecule has 6 aromatic rings. The molecule has 1 saturated carbocycles. The number of anilines is 4. The van der Waals surface area contributed by atoms with Crippen LogP contribution < -0.4 is 30.5 Å². The third-order valence-corrected chi connectivity index (χ3v) is 18.6. The van der Waals surface area contributed by atoms with Gasteiger partial charge in [0.1, 0.15) is 29.5 Å². The number of hydrogen-bond donors (Lipinski definition) is 4. The molecule has 6 aliphatic rings. The normalized spacial score (nSPS) is 24.4. The molecule has 21 nitrogen and oxygen atoms in total. The van der Waals surface area contributed by atoms with E-state index in [1.807, 2.05) is 58.2 Å². The number of amides is 2. The van der Waals surface area contributed by atoms with Crippen LogP contribution in [0.1, 0.15) is 108 Å². The lowest BCUT2D eigenvalue weighted by Gasteiger charge is -2.43. The van der Waals surface area contributed by atoms with Crippen LogP contribution in [0.5, 0.6) is 11.6 Å². The van der Waals surface area contributed by atoms with Crippen LogP contribution >= 0.6 is 11.3 Å². The molecule has 22 heteroatoms. The number of carbonyl (C=O) groups is 2. The number of carbonyl (C=O) groups excluding carboxylic acids is 2. The summed E-state index contributed by atoms with van der Waals surface area (Å²) >= 11 is 1.50. The summed E-state index contributed by atoms with van der Waals surface area (Å²) in [6.45, 7) is 14.2. The van der Waals surface area contributed by atoms with Gasteiger partial charge >= 0.3 is 0 Å². The molecular weight excluding hydrogens is 1050 g/mol. The molecular formula is C59H74N14O7S. The number of hydrogen-bond acceptors (Lipinski definition) is 20. The van der Waals surface area contributed by atoms with Gasteiger partial charge in [0.15, 0.2) is 17.4 Å². The third-order valence-electron chi connectivity index (χ3n) is 17.6. The van der Waals surface area contributed by atoms with E-state index in [2.05, 4.69) is 72.3 Å². The van der Waals surface area contributed by atoms with E-state index in [0.717, 1.165) is 131 Å². The Morgan fingerprint density at radius 1 is 0.840 bits per heavy atom. The van der Waals surface area contributed by atoms with Crippen LogP contribution in [0.4, 0.5) is 23.0 Å². The Hall–Kier alpha value is -7.01. The highest BCUT2D eigenvalue weighted by Gasteiger charge is 2.45. The predicted molar refractivity (Wildman–Crippen MR) is 307 cm³/mol. The Balaban J connectivity index is 0.564. The lowest BCUT2D eigenvalue weighted by atomic mass is 9.91. The quantitative estimate of drug-likeness (QED) is 0.0734. The molecule has 6 fully saturated rings. The first-order chi connectivity index (χ1) is 39.3. The number of piperazine rings is 1. The zero-order valence-electron chi connectivity index (χ0n) is 46.6. The van der Waals surface area contributed by atoms with Gasteiger partial charge in [-0.2, -0.15) is 0 Å². The molecule has 0 spiro atoms. The van der Waals surface area contributed by atoms with Gasteiger partial charge in [-0.25, -0.2) is 9.97 Å². The number of para-hydroxylation sites is 1. The van der Waals surface area contributed by atoms with Crippen LogP contribution in [0.3, 0.4) is 0 Å². The topological polar surface area (TPSA) is 251 Å². The minimum atomic E-state index is -0.849. The van der Waals surface area contributed by atoms with Crippen molar-refractivity contribution in [1.82, 2.24) is 50.4 Å². The molecule has 1 aromatic carbocycles. The van der Waals surface area contributed by atoms with Crippen LogP contribution in [0.15, 0.2) is 77.2 Å². The van der Waals surface area contributed by atoms with Crippen LogP contribution in [-0.4, -0.2) is 162 Å². The number of aryl methyl sites for hydroxylation is 1. The molecule has 5 aromatic heterocycles. The van der Waals surface area contributed by atoms with E-state index in [1.54, 1.807) is 30.0 Å². The van der Waals surface area contributed by atoms with Crippen LogP contribution in [0.25, 0.3) is 21.8 Å². The minimum Gasteiger partial charge on any atom is -0.507 e. The number of nitrogens with one attached hydrogen (secondary N) is 1. The van der Waals surface area contributed by atoms with Crippen molar-refractivity contribution in [3.63, 3.8) is 0 Å². The number of nitrogen functional groups attached to an aromatic ring is 1. The average Bonchev–Trinajstić information content (AvgIpc) is 4.28. The standard InChI is InChI=1S/C59H74N14O7S/c1-34(2)55(59(77)72-32-41(74)22-50(72)58(76)65-35(3)47-27-63-48(28-62-47)56-36(4)64-33-81-56)52-26-53(68-80-52)70-19-12-37(13-20-70)29-69-17-14-42(15-18-69)78-43-23-44(24-43)79-54-21-38(11-16-61-54)73-39-9-10-40(73)31-71(30-39)49-25-46(66-67-57(49)60)45-7-5-6-8-51(45)75/h5-8,11,16,21,25-28,33-35,37,39-44,50,55,74-75H,9-10,12-15,17-20,22-24,29-32H2,1-4H3,(H2,60,67)(H,65,76)/t35-,39?,40?,41+,43?,44?,50-,55-/m0/s1. The van der Waals surface area contributed by atoms with E-state index in [4.69, 9.17) is 19.7 Å². The summed E-state index contributed by atoms with van der Waals surface area (Å²) in [5, 5.41) is 37.3. The lowest BCUT2D eigenvalue weighted by molar-refractivity contribution is -0.141. The van der Waals surface area contributed by atoms with Gasteiger partial charge in [-0.05, 0) is 88.5 Å². The van der Waals surface area contributed by atoms with E-state index < -0.39 is 24.1 Å². The summed E-state index contributed by atoms with van der Waals surface area (Å²) < 4.78 is 19.0. The second-order valence-electron chi connectivity index (χ2n) is 23.5. The monoisotopic (exact) mass is 1120 g/mol. The molecule has 5 N–H and O–H groups in total. The maximum absolute atomic E-state index is 14.4. The van der Waals surface area contributed by atoms with Crippen LogP contribution in [-0.2, 0) is 14.3 Å². The summed E-state index contributed by atoms with van der Waals surface area (Å²) in [5.74, 6) is 1.54. The smallest absolute Gasteiger partial charge is 0.243 e. The Bertz CT molecular complexity index is 3140. The molecule has 6 atom stereocenters. The number of piperidine rings is 2. The Morgan fingerprint density at radius 2 is 1.62 bits per heavy atom. The van der Waals surface area contributed by atoms with Crippen molar-refractivity contribution in [3.05, 3.63) is 89.8 Å². The highest BCUT2D eigenvalue weighted by Crippen LogP contribution is 2.41. The van der Waals surface area contributed by atoms with Crippen molar-refractivity contribution in [3.8, 4) is 33.5 Å². The number of ether oxygens (including phenoxy) is 2. The number of aromatic hydroxyl groups is 1. The SMILES string of the molecule is Cc1ncsc1-c1cnc([C@H](C)NC(=O)[C@@H]2C[C@@H](O)CN2C(=O)[C@H](c2cc(N3CCC(CN4CCC(OC5CC(Oc6cc(N7C8CCC7CN(c7cc(-c9ccccc9O)nnc7N)C8)ccn6)C5)CC4)CC3)no2)C(C)C)cn1. The zero-order valence-corrected chi connectivity index (χ0v) is 47.4. The Morgan fingerprint density at radius 3 is 2.33 bits per heavy atom. The van der Waals surface area contributed by atoms with Gasteiger partial charge in [-0.3, -0.25) is 19.6 Å². The molecule has 1 aliphatic carbocycles. The number of likely N-dealkylation sites (tertiary alicyclic amines) is 2. The van der Waals surface area contributed by atoms with Crippen LogP contribution in [0, 0.1) is 18.8 Å². The van der Waals surface area contributed by atoms with Gasteiger partial charge < -0.3 is 59.8 Å². The summed E-state index contributed by atoms with van der Waals surface area (Å²) in [5.41, 5.74) is 13.6. The number of phenolic OH excluding ortho intramolecular Hbond substituents is 1. The second kappa shape index (κ2) is 23.5. The Kier molecular flexibility index (Phi) is 15.8. The molecule has 81 heavy (non-hydrogen) atoms. The minimum absolute atomic E-state index is 0.0565.